The molecule has 1 aromatic heterocycles. The lowest BCUT2D eigenvalue weighted by Crippen LogP contribution is -2.38. The lowest BCUT2D eigenvalue weighted by Gasteiger charge is -2.16. The van der Waals surface area contributed by atoms with Gasteiger partial charge in [-0.3, -0.25) is 4.79 Å². The van der Waals surface area contributed by atoms with E-state index in [9.17, 15) is 18.4 Å². The molecule has 0 saturated carbocycles. The Hall–Kier alpha value is -2.28. The number of carboxylic acids is 1. The summed E-state index contributed by atoms with van der Waals surface area (Å²) >= 11 is 1.21. The van der Waals surface area contributed by atoms with Crippen LogP contribution in [0.2, 0.25) is 0 Å². The van der Waals surface area contributed by atoms with Gasteiger partial charge in [0.25, 0.3) is 5.91 Å². The number of amides is 1. The van der Waals surface area contributed by atoms with E-state index in [1.807, 2.05) is 0 Å². The third-order valence-corrected chi connectivity index (χ3v) is 4.96. The molecule has 0 aliphatic carbocycles. The average Bonchev–Trinajstić information content (AvgIpc) is 3.15. The summed E-state index contributed by atoms with van der Waals surface area (Å²) in [6.07, 6.45) is -0.204. The third kappa shape index (κ3) is 2.96. The van der Waals surface area contributed by atoms with E-state index in [1.165, 1.54) is 28.4 Å². The highest BCUT2D eigenvalue weighted by Crippen LogP contribution is 2.32. The Morgan fingerprint density at radius 2 is 1.87 bits per heavy atom. The second-order valence-corrected chi connectivity index (χ2v) is 6.50. The molecule has 1 unspecified atom stereocenters. The lowest BCUT2D eigenvalue weighted by atomic mass is 10.1. The standard InChI is InChI=1S/C16H13F2NO3S/c17-11-3-1-10(2-4-11)12-5-6-13(23-12)14(20)19-8-7-16(18,9-19)15(21)22/h1-6H,7-9H2,(H,21,22). The van der Waals surface area contributed by atoms with Crippen LogP contribution >= 0.6 is 11.3 Å². The highest BCUT2D eigenvalue weighted by atomic mass is 32.1. The van der Waals surface area contributed by atoms with Crippen molar-refractivity contribution in [2.75, 3.05) is 13.1 Å². The van der Waals surface area contributed by atoms with Crippen molar-refractivity contribution in [3.63, 3.8) is 0 Å². The van der Waals surface area contributed by atoms with Crippen LogP contribution in [0.25, 0.3) is 10.4 Å². The van der Waals surface area contributed by atoms with Crippen molar-refractivity contribution >= 4 is 23.2 Å². The van der Waals surface area contributed by atoms with Gasteiger partial charge < -0.3 is 10.0 Å². The van der Waals surface area contributed by atoms with Crippen LogP contribution in [0.15, 0.2) is 36.4 Å². The van der Waals surface area contributed by atoms with Gasteiger partial charge in [0.05, 0.1) is 11.4 Å². The summed E-state index contributed by atoms with van der Waals surface area (Å²) in [7, 11) is 0. The van der Waals surface area contributed by atoms with E-state index >= 15 is 0 Å². The first kappa shape index (κ1) is 15.6. The van der Waals surface area contributed by atoms with Crippen LogP contribution in [-0.4, -0.2) is 40.6 Å². The van der Waals surface area contributed by atoms with Gasteiger partial charge >= 0.3 is 5.97 Å². The first-order valence-electron chi connectivity index (χ1n) is 6.96. The monoisotopic (exact) mass is 337 g/mol. The second kappa shape index (κ2) is 5.73. The molecule has 1 atom stereocenters. The normalized spacial score (nSPS) is 20.7. The Balaban J connectivity index is 1.77. The molecular weight excluding hydrogens is 324 g/mol. The number of likely N-dealkylation sites (tertiary alicyclic amines) is 1. The highest BCUT2D eigenvalue weighted by Gasteiger charge is 2.47. The predicted molar refractivity (Wildman–Crippen MR) is 81.7 cm³/mol. The molecule has 1 amide bonds. The smallest absolute Gasteiger partial charge is 0.343 e. The molecule has 4 nitrogen and oxygen atoms in total. The predicted octanol–water partition coefficient (Wildman–Crippen LogP) is 3.19. The third-order valence-electron chi connectivity index (χ3n) is 3.84. The number of rotatable bonds is 3. The van der Waals surface area contributed by atoms with Crippen molar-refractivity contribution in [2.45, 2.75) is 12.1 Å². The van der Waals surface area contributed by atoms with Crippen LogP contribution < -0.4 is 0 Å². The van der Waals surface area contributed by atoms with E-state index < -0.39 is 18.2 Å². The minimum atomic E-state index is -2.37. The van der Waals surface area contributed by atoms with Gasteiger partial charge in [-0.2, -0.15) is 0 Å². The van der Waals surface area contributed by atoms with Crippen molar-refractivity contribution in [3.05, 3.63) is 47.1 Å². The maximum Gasteiger partial charge on any atom is 0.343 e. The van der Waals surface area contributed by atoms with Gasteiger partial charge in [0.1, 0.15) is 5.82 Å². The number of carbonyl (C=O) groups excluding carboxylic acids is 1. The van der Waals surface area contributed by atoms with Gasteiger partial charge in [0, 0.05) is 17.8 Å². The van der Waals surface area contributed by atoms with Gasteiger partial charge in [-0.05, 0) is 29.8 Å². The van der Waals surface area contributed by atoms with Crippen molar-refractivity contribution < 1.29 is 23.5 Å². The number of hydrogen-bond acceptors (Lipinski definition) is 3. The first-order chi connectivity index (χ1) is 10.9. The second-order valence-electron chi connectivity index (χ2n) is 5.42. The average molecular weight is 337 g/mol. The Morgan fingerprint density at radius 1 is 1.17 bits per heavy atom. The van der Waals surface area contributed by atoms with Crippen LogP contribution in [0.1, 0.15) is 16.1 Å². The van der Waals surface area contributed by atoms with Crippen LogP contribution in [-0.2, 0) is 4.79 Å². The molecule has 1 aromatic carbocycles. The maximum absolute atomic E-state index is 14.0. The fourth-order valence-electron chi connectivity index (χ4n) is 2.50. The van der Waals surface area contributed by atoms with E-state index in [2.05, 4.69) is 0 Å². The molecule has 1 saturated heterocycles. The largest absolute Gasteiger partial charge is 0.479 e. The van der Waals surface area contributed by atoms with E-state index in [0.29, 0.717) is 4.88 Å². The van der Waals surface area contributed by atoms with Crippen LogP contribution in [0, 0.1) is 5.82 Å². The van der Waals surface area contributed by atoms with Gasteiger partial charge in [0.2, 0.25) is 5.67 Å². The number of hydrogen-bond donors (Lipinski definition) is 1. The number of halogens is 2. The van der Waals surface area contributed by atoms with Crippen LogP contribution in [0.5, 0.6) is 0 Å². The van der Waals surface area contributed by atoms with Gasteiger partial charge in [-0.25, -0.2) is 13.6 Å². The zero-order chi connectivity index (χ0) is 16.6. The Kier molecular flexibility index (Phi) is 3.89. The number of carboxylic acid groups (broad SMARTS) is 1. The quantitative estimate of drug-likeness (QED) is 0.936. The minimum Gasteiger partial charge on any atom is -0.479 e. The Labute approximate surface area is 135 Å². The number of aliphatic carboxylic acids is 1. The molecule has 1 aliphatic heterocycles. The SMILES string of the molecule is O=C(c1ccc(-c2ccc(F)cc2)s1)N1CCC(F)(C(=O)O)C1. The van der Waals surface area contributed by atoms with Gasteiger partial charge in [-0.15, -0.1) is 11.3 Å². The number of thiophene rings is 1. The van der Waals surface area contributed by atoms with E-state index in [4.69, 9.17) is 5.11 Å². The molecule has 2 heterocycles. The molecule has 2 aromatic rings. The summed E-state index contributed by atoms with van der Waals surface area (Å²) in [6.45, 7) is -0.365. The van der Waals surface area contributed by atoms with E-state index in [-0.39, 0.29) is 24.7 Å². The highest BCUT2D eigenvalue weighted by molar-refractivity contribution is 7.17. The van der Waals surface area contributed by atoms with Crippen LogP contribution in [0.4, 0.5) is 8.78 Å². The summed E-state index contributed by atoms with van der Waals surface area (Å²) < 4.78 is 27.0. The number of benzene rings is 1. The summed E-state index contributed by atoms with van der Waals surface area (Å²) in [5.74, 6) is -2.26. The molecule has 0 spiro atoms. The van der Waals surface area contributed by atoms with E-state index in [0.717, 1.165) is 10.4 Å². The summed E-state index contributed by atoms with van der Waals surface area (Å²) in [5, 5.41) is 8.88. The Bertz CT molecular complexity index is 759. The minimum absolute atomic E-state index is 0.0748. The zero-order valence-corrected chi connectivity index (χ0v) is 12.8. The molecule has 3 rings (SSSR count). The molecule has 1 fully saturated rings. The van der Waals surface area contributed by atoms with Crippen molar-refractivity contribution in [3.8, 4) is 10.4 Å². The summed E-state index contributed by atoms with van der Waals surface area (Å²) in [4.78, 5) is 25.7. The van der Waals surface area contributed by atoms with Crippen molar-refractivity contribution in [1.29, 1.82) is 0 Å². The number of carbonyl (C=O) groups is 2. The summed E-state index contributed by atoms with van der Waals surface area (Å²) in [5.41, 5.74) is -1.59. The fraction of sp³-hybridized carbons (Fsp3) is 0.250. The Morgan fingerprint density at radius 3 is 2.48 bits per heavy atom. The molecule has 0 bridgehead atoms. The maximum atomic E-state index is 14.0. The molecule has 120 valence electrons. The molecule has 0 radical (unpaired) electrons. The molecule has 7 heteroatoms. The fourth-order valence-corrected chi connectivity index (χ4v) is 3.48. The molecular formula is C16H13F2NO3S. The van der Waals surface area contributed by atoms with E-state index in [1.54, 1.807) is 24.3 Å². The van der Waals surface area contributed by atoms with Crippen LogP contribution in [0.3, 0.4) is 0 Å². The molecule has 1 aliphatic rings. The van der Waals surface area contributed by atoms with Crippen molar-refractivity contribution in [1.82, 2.24) is 4.90 Å². The van der Waals surface area contributed by atoms with Crippen molar-refractivity contribution in [2.24, 2.45) is 0 Å². The topological polar surface area (TPSA) is 57.6 Å². The van der Waals surface area contributed by atoms with Gasteiger partial charge in [0.15, 0.2) is 0 Å². The zero-order valence-electron chi connectivity index (χ0n) is 12.0. The molecule has 23 heavy (non-hydrogen) atoms. The lowest BCUT2D eigenvalue weighted by molar-refractivity contribution is -0.149. The number of nitrogens with zero attached hydrogens (tertiary/aromatic N) is 1. The first-order valence-corrected chi connectivity index (χ1v) is 7.78. The van der Waals surface area contributed by atoms with Gasteiger partial charge in [-0.1, -0.05) is 12.1 Å². The molecule has 1 N–H and O–H groups in total. The summed E-state index contributed by atoms with van der Waals surface area (Å²) in [6, 6.07) is 9.25. The number of alkyl halides is 1.